The third-order valence-electron chi connectivity index (χ3n) is 3.82. The number of aromatic hydroxyl groups is 1. The predicted octanol–water partition coefficient (Wildman–Crippen LogP) is 2.07. The lowest BCUT2D eigenvalue weighted by Crippen LogP contribution is -2.39. The van der Waals surface area contributed by atoms with E-state index >= 15 is 0 Å². The second-order valence-corrected chi connectivity index (χ2v) is 5.37. The molecule has 0 aliphatic heterocycles. The van der Waals surface area contributed by atoms with Crippen LogP contribution in [0.5, 0.6) is 5.75 Å². The molecule has 1 aliphatic rings. The van der Waals surface area contributed by atoms with Crippen molar-refractivity contribution in [1.29, 1.82) is 0 Å². The fraction of sp³-hybridized carbons (Fsp3) is 0.467. The van der Waals surface area contributed by atoms with Crippen molar-refractivity contribution in [1.82, 2.24) is 5.32 Å². The molecule has 1 fully saturated rings. The molecule has 20 heavy (non-hydrogen) atoms. The molecule has 1 amide bonds. The second kappa shape index (κ2) is 5.94. The van der Waals surface area contributed by atoms with Crippen LogP contribution in [0.2, 0.25) is 0 Å². The number of phenols is 1. The Balaban J connectivity index is 2.00. The van der Waals surface area contributed by atoms with Gasteiger partial charge in [0.05, 0.1) is 5.92 Å². The number of hydrogen-bond donors (Lipinski definition) is 3. The number of hydrogen-bond acceptors (Lipinski definition) is 3. The van der Waals surface area contributed by atoms with Crippen LogP contribution in [0.1, 0.15) is 41.6 Å². The SMILES string of the molecule is Cc1cc(C(=O)NC2CCCC(C(=O)O)C2)ccc1O. The zero-order valence-electron chi connectivity index (χ0n) is 11.4. The quantitative estimate of drug-likeness (QED) is 0.789. The molecule has 1 saturated carbocycles. The molecule has 108 valence electrons. The summed E-state index contributed by atoms with van der Waals surface area (Å²) in [5.41, 5.74) is 1.13. The highest BCUT2D eigenvalue weighted by molar-refractivity contribution is 5.94. The molecule has 1 aromatic rings. The fourth-order valence-corrected chi connectivity index (χ4v) is 2.61. The van der Waals surface area contributed by atoms with E-state index in [2.05, 4.69) is 5.32 Å². The van der Waals surface area contributed by atoms with E-state index < -0.39 is 5.97 Å². The number of phenolic OH excluding ortho intramolecular Hbond substituents is 1. The van der Waals surface area contributed by atoms with Crippen molar-refractivity contribution in [3.05, 3.63) is 29.3 Å². The van der Waals surface area contributed by atoms with Gasteiger partial charge in [0.15, 0.2) is 0 Å². The van der Waals surface area contributed by atoms with Crippen molar-refractivity contribution < 1.29 is 19.8 Å². The van der Waals surface area contributed by atoms with E-state index in [0.717, 1.165) is 12.8 Å². The van der Waals surface area contributed by atoms with Crippen molar-refractivity contribution in [3.63, 3.8) is 0 Å². The predicted molar refractivity (Wildman–Crippen MR) is 73.7 cm³/mol. The number of carbonyl (C=O) groups is 2. The van der Waals surface area contributed by atoms with Crippen molar-refractivity contribution in [3.8, 4) is 5.75 Å². The van der Waals surface area contributed by atoms with Crippen LogP contribution in [0.15, 0.2) is 18.2 Å². The largest absolute Gasteiger partial charge is 0.508 e. The highest BCUT2D eigenvalue weighted by Gasteiger charge is 2.28. The molecule has 2 atom stereocenters. The topological polar surface area (TPSA) is 86.6 Å². The molecule has 5 heteroatoms. The lowest BCUT2D eigenvalue weighted by Gasteiger charge is -2.27. The summed E-state index contributed by atoms with van der Waals surface area (Å²) in [4.78, 5) is 23.1. The van der Waals surface area contributed by atoms with Crippen LogP contribution in [0.25, 0.3) is 0 Å². The third-order valence-corrected chi connectivity index (χ3v) is 3.82. The molecule has 0 bridgehead atoms. The first-order chi connectivity index (χ1) is 9.47. The lowest BCUT2D eigenvalue weighted by atomic mass is 9.85. The maximum Gasteiger partial charge on any atom is 0.306 e. The minimum absolute atomic E-state index is 0.0912. The van der Waals surface area contributed by atoms with E-state index in [9.17, 15) is 14.7 Å². The van der Waals surface area contributed by atoms with Gasteiger partial charge in [0.2, 0.25) is 0 Å². The molecular weight excluding hydrogens is 258 g/mol. The Morgan fingerprint density at radius 1 is 1.30 bits per heavy atom. The van der Waals surface area contributed by atoms with Crippen molar-refractivity contribution >= 4 is 11.9 Å². The van der Waals surface area contributed by atoms with Gasteiger partial charge in [-0.1, -0.05) is 6.42 Å². The summed E-state index contributed by atoms with van der Waals surface area (Å²) in [5, 5.41) is 21.4. The minimum Gasteiger partial charge on any atom is -0.508 e. The standard InChI is InChI=1S/C15H19NO4/c1-9-7-10(5-6-13(9)17)14(18)16-12-4-2-3-11(8-12)15(19)20/h5-7,11-12,17H,2-4,8H2,1H3,(H,16,18)(H,19,20). The van der Waals surface area contributed by atoms with E-state index in [-0.39, 0.29) is 23.6 Å². The van der Waals surface area contributed by atoms with E-state index in [1.807, 2.05) is 0 Å². The first-order valence-electron chi connectivity index (χ1n) is 6.80. The Hall–Kier alpha value is -2.04. The van der Waals surface area contributed by atoms with E-state index in [1.165, 1.54) is 6.07 Å². The fourth-order valence-electron chi connectivity index (χ4n) is 2.61. The minimum atomic E-state index is -0.788. The van der Waals surface area contributed by atoms with E-state index in [0.29, 0.717) is 24.0 Å². The maximum absolute atomic E-state index is 12.1. The number of rotatable bonds is 3. The number of carbonyl (C=O) groups excluding carboxylic acids is 1. The van der Waals surface area contributed by atoms with Gasteiger partial charge >= 0.3 is 5.97 Å². The summed E-state index contributed by atoms with van der Waals surface area (Å²) >= 11 is 0. The number of aliphatic carboxylic acids is 1. The number of aryl methyl sites for hydroxylation is 1. The Bertz CT molecular complexity index is 527. The molecule has 3 N–H and O–H groups in total. The lowest BCUT2D eigenvalue weighted by molar-refractivity contribution is -0.143. The molecule has 5 nitrogen and oxygen atoms in total. The Kier molecular flexibility index (Phi) is 4.27. The molecule has 0 aromatic heterocycles. The van der Waals surface area contributed by atoms with E-state index in [1.54, 1.807) is 19.1 Å². The monoisotopic (exact) mass is 277 g/mol. The molecule has 2 unspecified atom stereocenters. The average Bonchev–Trinajstić information content (AvgIpc) is 2.42. The molecule has 0 saturated heterocycles. The summed E-state index contributed by atoms with van der Waals surface area (Å²) < 4.78 is 0. The average molecular weight is 277 g/mol. The van der Waals surface area contributed by atoms with Gasteiger partial charge in [0.1, 0.15) is 5.75 Å². The highest BCUT2D eigenvalue weighted by atomic mass is 16.4. The first kappa shape index (κ1) is 14.4. The number of nitrogens with one attached hydrogen (secondary N) is 1. The number of benzene rings is 1. The molecular formula is C15H19NO4. The van der Waals surface area contributed by atoms with Crippen LogP contribution in [0, 0.1) is 12.8 Å². The Labute approximate surface area is 117 Å². The van der Waals surface area contributed by atoms with Gasteiger partial charge in [-0.2, -0.15) is 0 Å². The Morgan fingerprint density at radius 2 is 2.05 bits per heavy atom. The van der Waals surface area contributed by atoms with Crippen LogP contribution >= 0.6 is 0 Å². The summed E-state index contributed by atoms with van der Waals surface area (Å²) in [5.74, 6) is -1.21. The molecule has 0 heterocycles. The summed E-state index contributed by atoms with van der Waals surface area (Å²) in [7, 11) is 0. The summed E-state index contributed by atoms with van der Waals surface area (Å²) in [6, 6.07) is 4.59. The number of amides is 1. The third kappa shape index (κ3) is 3.29. The molecule has 1 aromatic carbocycles. The highest BCUT2D eigenvalue weighted by Crippen LogP contribution is 2.25. The molecule has 0 spiro atoms. The van der Waals surface area contributed by atoms with Crippen LogP contribution in [-0.2, 0) is 4.79 Å². The van der Waals surface area contributed by atoms with Crippen LogP contribution in [-0.4, -0.2) is 28.1 Å². The second-order valence-electron chi connectivity index (χ2n) is 5.37. The Morgan fingerprint density at radius 3 is 2.70 bits per heavy atom. The zero-order chi connectivity index (χ0) is 14.7. The number of carboxylic acids is 1. The van der Waals surface area contributed by atoms with Crippen molar-refractivity contribution in [2.24, 2.45) is 5.92 Å². The van der Waals surface area contributed by atoms with Gasteiger partial charge in [0, 0.05) is 11.6 Å². The van der Waals surface area contributed by atoms with Gasteiger partial charge < -0.3 is 15.5 Å². The zero-order valence-corrected chi connectivity index (χ0v) is 11.4. The van der Waals surface area contributed by atoms with Crippen LogP contribution < -0.4 is 5.32 Å². The van der Waals surface area contributed by atoms with E-state index in [4.69, 9.17) is 5.11 Å². The van der Waals surface area contributed by atoms with Crippen LogP contribution in [0.3, 0.4) is 0 Å². The number of carboxylic acid groups (broad SMARTS) is 1. The van der Waals surface area contributed by atoms with Gasteiger partial charge in [-0.25, -0.2) is 0 Å². The maximum atomic E-state index is 12.1. The smallest absolute Gasteiger partial charge is 0.306 e. The van der Waals surface area contributed by atoms with Crippen LogP contribution in [0.4, 0.5) is 0 Å². The normalized spacial score (nSPS) is 22.2. The van der Waals surface area contributed by atoms with Gasteiger partial charge in [-0.05, 0) is 49.9 Å². The van der Waals surface area contributed by atoms with Crippen molar-refractivity contribution in [2.45, 2.75) is 38.6 Å². The van der Waals surface area contributed by atoms with Crippen molar-refractivity contribution in [2.75, 3.05) is 0 Å². The summed E-state index contributed by atoms with van der Waals surface area (Å²) in [6.07, 6.45) is 2.79. The van der Waals surface area contributed by atoms with Gasteiger partial charge in [-0.15, -0.1) is 0 Å². The van der Waals surface area contributed by atoms with Gasteiger partial charge in [-0.3, -0.25) is 9.59 Å². The molecule has 0 radical (unpaired) electrons. The van der Waals surface area contributed by atoms with Gasteiger partial charge in [0.25, 0.3) is 5.91 Å². The molecule has 1 aliphatic carbocycles. The summed E-state index contributed by atoms with van der Waals surface area (Å²) in [6.45, 7) is 1.73. The molecule has 2 rings (SSSR count). The first-order valence-corrected chi connectivity index (χ1v) is 6.80.